The van der Waals surface area contributed by atoms with Crippen LogP contribution in [0.1, 0.15) is 31.2 Å². The number of ether oxygens (including phenoxy) is 1. The highest BCUT2D eigenvalue weighted by molar-refractivity contribution is 5.75. The monoisotopic (exact) mass is 249 g/mol. The zero-order valence-corrected chi connectivity index (χ0v) is 11.1. The van der Waals surface area contributed by atoms with Crippen molar-refractivity contribution in [1.29, 1.82) is 0 Å². The lowest BCUT2D eigenvalue weighted by molar-refractivity contribution is -0.141. The van der Waals surface area contributed by atoms with Gasteiger partial charge in [-0.2, -0.15) is 0 Å². The maximum atomic E-state index is 11.6. The van der Waals surface area contributed by atoms with E-state index in [9.17, 15) is 4.79 Å². The highest BCUT2D eigenvalue weighted by Gasteiger charge is 2.32. The molecule has 1 saturated carbocycles. The normalized spacial score (nSPS) is 14.4. The zero-order chi connectivity index (χ0) is 13.1. The lowest BCUT2D eigenvalue weighted by Gasteiger charge is -2.22. The van der Waals surface area contributed by atoms with Crippen LogP contribution in [0, 0.1) is 13.8 Å². The van der Waals surface area contributed by atoms with Crippen LogP contribution in [0.2, 0.25) is 0 Å². The summed E-state index contributed by atoms with van der Waals surface area (Å²) in [5.74, 6) is 0.568. The highest BCUT2D eigenvalue weighted by Crippen LogP contribution is 2.30. The van der Waals surface area contributed by atoms with Crippen molar-refractivity contribution in [2.24, 2.45) is 0 Å². The van der Waals surface area contributed by atoms with Gasteiger partial charge in [-0.05, 0) is 33.6 Å². The number of carbonyl (C=O) groups is 1. The van der Waals surface area contributed by atoms with Crippen LogP contribution in [-0.2, 0) is 9.53 Å². The number of hydrogen-bond donors (Lipinski definition) is 0. The Morgan fingerprint density at radius 1 is 1.44 bits per heavy atom. The second-order valence-corrected chi connectivity index (χ2v) is 4.56. The molecule has 18 heavy (non-hydrogen) atoms. The van der Waals surface area contributed by atoms with E-state index in [0.717, 1.165) is 30.0 Å². The number of hydrogen-bond acceptors (Lipinski definition) is 5. The van der Waals surface area contributed by atoms with E-state index in [1.54, 1.807) is 6.20 Å². The molecular weight excluding hydrogens is 230 g/mol. The molecule has 0 atom stereocenters. The second-order valence-electron chi connectivity index (χ2n) is 4.56. The standard InChI is InChI=1S/C13H19N3O2/c1-4-18-13(17)8-16(11-5-6-11)12-7-14-9(2)10(3)15-12/h7,11H,4-6,8H2,1-3H3. The fourth-order valence-electron chi connectivity index (χ4n) is 1.80. The van der Waals surface area contributed by atoms with Gasteiger partial charge in [0, 0.05) is 6.04 Å². The molecule has 0 amide bonds. The first kappa shape index (κ1) is 12.8. The predicted octanol–water partition coefficient (Wildman–Crippen LogP) is 1.63. The summed E-state index contributed by atoms with van der Waals surface area (Å²) in [5, 5.41) is 0. The summed E-state index contributed by atoms with van der Waals surface area (Å²) in [6.45, 7) is 6.35. The molecule has 1 aliphatic rings. The van der Waals surface area contributed by atoms with E-state index < -0.39 is 0 Å². The largest absolute Gasteiger partial charge is 0.465 e. The molecule has 0 radical (unpaired) electrons. The van der Waals surface area contributed by atoms with Crippen LogP contribution in [0.25, 0.3) is 0 Å². The summed E-state index contributed by atoms with van der Waals surface area (Å²) < 4.78 is 5.00. The van der Waals surface area contributed by atoms with E-state index >= 15 is 0 Å². The molecular formula is C13H19N3O2. The minimum atomic E-state index is -0.204. The Balaban J connectivity index is 2.14. The van der Waals surface area contributed by atoms with Crippen LogP contribution in [-0.4, -0.2) is 35.1 Å². The molecule has 0 bridgehead atoms. The van der Waals surface area contributed by atoms with Crippen molar-refractivity contribution in [3.63, 3.8) is 0 Å². The first-order valence-corrected chi connectivity index (χ1v) is 6.34. The van der Waals surface area contributed by atoms with E-state index in [4.69, 9.17) is 4.74 Å². The number of carbonyl (C=O) groups excluding carboxylic acids is 1. The Hall–Kier alpha value is -1.65. The molecule has 1 aromatic rings. The van der Waals surface area contributed by atoms with Crippen LogP contribution in [0.5, 0.6) is 0 Å². The van der Waals surface area contributed by atoms with Gasteiger partial charge in [0.05, 0.1) is 24.2 Å². The lowest BCUT2D eigenvalue weighted by Crippen LogP contribution is -2.33. The number of nitrogens with zero attached hydrogens (tertiary/aromatic N) is 3. The summed E-state index contributed by atoms with van der Waals surface area (Å²) in [6.07, 6.45) is 3.95. The summed E-state index contributed by atoms with van der Waals surface area (Å²) in [6, 6.07) is 0.408. The molecule has 1 aromatic heterocycles. The summed E-state index contributed by atoms with van der Waals surface area (Å²) in [4.78, 5) is 22.4. The Morgan fingerprint density at radius 2 is 2.17 bits per heavy atom. The highest BCUT2D eigenvalue weighted by atomic mass is 16.5. The molecule has 1 fully saturated rings. The molecule has 0 saturated heterocycles. The SMILES string of the molecule is CCOC(=O)CN(c1cnc(C)c(C)n1)C1CC1. The predicted molar refractivity (Wildman–Crippen MR) is 68.5 cm³/mol. The molecule has 0 aliphatic heterocycles. The summed E-state index contributed by atoms with van der Waals surface area (Å²) in [5.41, 5.74) is 1.83. The maximum Gasteiger partial charge on any atom is 0.325 e. The average Bonchev–Trinajstić information content (AvgIpc) is 3.14. The zero-order valence-electron chi connectivity index (χ0n) is 11.1. The van der Waals surface area contributed by atoms with Crippen LogP contribution < -0.4 is 4.90 Å². The van der Waals surface area contributed by atoms with Gasteiger partial charge in [-0.15, -0.1) is 0 Å². The van der Waals surface area contributed by atoms with Gasteiger partial charge in [-0.25, -0.2) is 4.98 Å². The summed E-state index contributed by atoms with van der Waals surface area (Å²) >= 11 is 0. The molecule has 2 rings (SSSR count). The Morgan fingerprint density at radius 3 is 2.72 bits per heavy atom. The van der Waals surface area contributed by atoms with Crippen LogP contribution in [0.3, 0.4) is 0 Å². The molecule has 0 spiro atoms. The molecule has 5 heteroatoms. The molecule has 0 unspecified atom stereocenters. The Kier molecular flexibility index (Phi) is 3.79. The van der Waals surface area contributed by atoms with Crippen molar-refractivity contribution in [1.82, 2.24) is 9.97 Å². The number of esters is 1. The third-order valence-electron chi connectivity index (χ3n) is 3.07. The molecule has 1 heterocycles. The van der Waals surface area contributed by atoms with Gasteiger partial charge in [0.1, 0.15) is 12.4 Å². The van der Waals surface area contributed by atoms with Crippen molar-refractivity contribution < 1.29 is 9.53 Å². The second kappa shape index (κ2) is 5.33. The Bertz CT molecular complexity index is 444. The number of aryl methyl sites for hydroxylation is 2. The van der Waals surface area contributed by atoms with E-state index in [1.807, 2.05) is 25.7 Å². The smallest absolute Gasteiger partial charge is 0.325 e. The van der Waals surface area contributed by atoms with Crippen LogP contribution >= 0.6 is 0 Å². The van der Waals surface area contributed by atoms with Gasteiger partial charge < -0.3 is 9.64 Å². The van der Waals surface area contributed by atoms with Gasteiger partial charge in [0.15, 0.2) is 0 Å². The van der Waals surface area contributed by atoms with Gasteiger partial charge in [0.2, 0.25) is 0 Å². The molecule has 1 aliphatic carbocycles. The lowest BCUT2D eigenvalue weighted by atomic mass is 10.3. The van der Waals surface area contributed by atoms with E-state index in [0.29, 0.717) is 12.6 Å². The van der Waals surface area contributed by atoms with Gasteiger partial charge >= 0.3 is 5.97 Å². The molecule has 5 nitrogen and oxygen atoms in total. The van der Waals surface area contributed by atoms with E-state index in [1.165, 1.54) is 0 Å². The number of rotatable bonds is 5. The van der Waals surface area contributed by atoms with Crippen molar-refractivity contribution in [2.75, 3.05) is 18.1 Å². The number of anilines is 1. The number of aromatic nitrogens is 2. The van der Waals surface area contributed by atoms with E-state index in [-0.39, 0.29) is 12.5 Å². The Labute approximate surface area is 107 Å². The third kappa shape index (κ3) is 2.97. The van der Waals surface area contributed by atoms with Crippen molar-refractivity contribution in [3.05, 3.63) is 17.6 Å². The quantitative estimate of drug-likeness (QED) is 0.742. The van der Waals surface area contributed by atoms with Crippen molar-refractivity contribution >= 4 is 11.8 Å². The van der Waals surface area contributed by atoms with Crippen LogP contribution in [0.4, 0.5) is 5.82 Å². The van der Waals surface area contributed by atoms with E-state index in [2.05, 4.69) is 9.97 Å². The molecule has 0 N–H and O–H groups in total. The fraction of sp³-hybridized carbons (Fsp3) is 0.615. The summed E-state index contributed by atoms with van der Waals surface area (Å²) in [7, 11) is 0. The van der Waals surface area contributed by atoms with Gasteiger partial charge in [0.25, 0.3) is 0 Å². The van der Waals surface area contributed by atoms with Crippen molar-refractivity contribution in [2.45, 2.75) is 39.7 Å². The maximum absolute atomic E-state index is 11.6. The first-order chi connectivity index (χ1) is 8.61. The fourth-order valence-corrected chi connectivity index (χ4v) is 1.80. The average molecular weight is 249 g/mol. The molecule has 0 aromatic carbocycles. The van der Waals surface area contributed by atoms with Gasteiger partial charge in [-0.3, -0.25) is 9.78 Å². The van der Waals surface area contributed by atoms with Crippen LogP contribution in [0.15, 0.2) is 6.20 Å². The first-order valence-electron chi connectivity index (χ1n) is 6.34. The minimum Gasteiger partial charge on any atom is -0.465 e. The topological polar surface area (TPSA) is 55.3 Å². The molecule has 98 valence electrons. The van der Waals surface area contributed by atoms with Gasteiger partial charge in [-0.1, -0.05) is 0 Å². The third-order valence-corrected chi connectivity index (χ3v) is 3.07. The minimum absolute atomic E-state index is 0.204. The van der Waals surface area contributed by atoms with Crippen molar-refractivity contribution in [3.8, 4) is 0 Å².